The fraction of sp³-hybridized carbons (Fsp3) is 0.125. The van der Waals surface area contributed by atoms with Crippen molar-refractivity contribution in [2.24, 2.45) is 0 Å². The smallest absolute Gasteiger partial charge is 0.251 e. The first-order valence-electron chi connectivity index (χ1n) is 9.39. The number of amides is 2. The Hall–Kier alpha value is -3.73. The van der Waals surface area contributed by atoms with Gasteiger partial charge in [0.1, 0.15) is 6.04 Å². The molecular formula is C24H23N3O2. The third kappa shape index (κ3) is 5.87. The molecule has 1 unspecified atom stereocenters. The third-order valence-corrected chi connectivity index (χ3v) is 4.31. The summed E-state index contributed by atoms with van der Waals surface area (Å²) < 4.78 is 0. The number of hydrogen-bond donors (Lipinski definition) is 2. The lowest BCUT2D eigenvalue weighted by atomic mass is 10.1. The Bertz CT molecular complexity index is 1030. The van der Waals surface area contributed by atoms with Crippen molar-refractivity contribution in [2.45, 2.75) is 19.9 Å². The molecule has 0 radical (unpaired) electrons. The van der Waals surface area contributed by atoms with E-state index in [1.165, 1.54) is 0 Å². The van der Waals surface area contributed by atoms with E-state index < -0.39 is 6.04 Å². The first-order chi connectivity index (χ1) is 14.0. The van der Waals surface area contributed by atoms with Gasteiger partial charge < -0.3 is 10.6 Å². The van der Waals surface area contributed by atoms with Gasteiger partial charge in [-0.1, -0.05) is 42.0 Å². The fourth-order valence-corrected chi connectivity index (χ4v) is 2.76. The van der Waals surface area contributed by atoms with Gasteiger partial charge in [-0.25, -0.2) is 0 Å². The topological polar surface area (TPSA) is 71.1 Å². The number of carbonyl (C=O) groups excluding carboxylic acids is 2. The van der Waals surface area contributed by atoms with Gasteiger partial charge in [-0.05, 0) is 61.9 Å². The second kappa shape index (κ2) is 9.46. The third-order valence-electron chi connectivity index (χ3n) is 4.31. The van der Waals surface area contributed by atoms with E-state index in [0.717, 1.165) is 16.8 Å². The highest BCUT2D eigenvalue weighted by atomic mass is 16.2. The molecule has 2 aromatic carbocycles. The van der Waals surface area contributed by atoms with Gasteiger partial charge >= 0.3 is 0 Å². The van der Waals surface area contributed by atoms with Crippen LogP contribution in [0.5, 0.6) is 0 Å². The molecule has 2 amide bonds. The van der Waals surface area contributed by atoms with Crippen LogP contribution in [-0.2, 0) is 4.79 Å². The normalized spacial score (nSPS) is 11.8. The molecule has 3 aromatic rings. The number of benzene rings is 2. The zero-order valence-corrected chi connectivity index (χ0v) is 16.4. The molecular weight excluding hydrogens is 362 g/mol. The zero-order valence-electron chi connectivity index (χ0n) is 16.4. The number of hydrogen-bond acceptors (Lipinski definition) is 3. The maximum absolute atomic E-state index is 12.5. The summed E-state index contributed by atoms with van der Waals surface area (Å²) in [6.07, 6.45) is 5.58. The van der Waals surface area contributed by atoms with Crippen molar-refractivity contribution in [3.8, 4) is 0 Å². The lowest BCUT2D eigenvalue weighted by molar-refractivity contribution is -0.117. The molecule has 0 spiro atoms. The van der Waals surface area contributed by atoms with Crippen LogP contribution in [0.3, 0.4) is 0 Å². The Labute approximate surface area is 170 Å². The maximum Gasteiger partial charge on any atom is 0.251 e. The van der Waals surface area contributed by atoms with Crippen LogP contribution in [0.2, 0.25) is 0 Å². The minimum atomic E-state index is -0.671. The number of nitrogens with one attached hydrogen (secondary N) is 2. The average molecular weight is 385 g/mol. The Morgan fingerprint density at radius 3 is 2.55 bits per heavy atom. The lowest BCUT2D eigenvalue weighted by Crippen LogP contribution is -2.41. The molecule has 0 saturated heterocycles. The van der Waals surface area contributed by atoms with Crippen LogP contribution >= 0.6 is 0 Å². The van der Waals surface area contributed by atoms with Crippen molar-refractivity contribution in [3.63, 3.8) is 0 Å². The van der Waals surface area contributed by atoms with E-state index >= 15 is 0 Å². The molecule has 1 heterocycles. The van der Waals surface area contributed by atoms with E-state index in [9.17, 15) is 9.59 Å². The molecule has 0 saturated carbocycles. The highest BCUT2D eigenvalue weighted by Gasteiger charge is 2.16. The van der Waals surface area contributed by atoms with E-state index in [1.54, 1.807) is 25.3 Å². The Morgan fingerprint density at radius 2 is 1.79 bits per heavy atom. The number of pyridine rings is 1. The van der Waals surface area contributed by atoms with Gasteiger partial charge in [0.2, 0.25) is 5.91 Å². The standard InChI is InChI=1S/C24H23N3O2/c1-17-7-5-9-20(15-17)24(29)26-18(2)23(28)27-22-11-6-8-19(16-22)12-13-21-10-3-4-14-25-21/h3-16,18H,1-2H3,(H,26,29)(H,27,28). The summed E-state index contributed by atoms with van der Waals surface area (Å²) in [5, 5.41) is 5.58. The number of rotatable bonds is 6. The van der Waals surface area contributed by atoms with Crippen molar-refractivity contribution in [3.05, 3.63) is 95.3 Å². The van der Waals surface area contributed by atoms with Crippen molar-refractivity contribution >= 4 is 29.7 Å². The van der Waals surface area contributed by atoms with Crippen LogP contribution < -0.4 is 10.6 Å². The van der Waals surface area contributed by atoms with E-state index in [4.69, 9.17) is 0 Å². The van der Waals surface area contributed by atoms with Crippen LogP contribution in [0.4, 0.5) is 5.69 Å². The second-order valence-electron chi connectivity index (χ2n) is 6.77. The summed E-state index contributed by atoms with van der Waals surface area (Å²) >= 11 is 0. The highest BCUT2D eigenvalue weighted by molar-refractivity contribution is 6.01. The number of aryl methyl sites for hydroxylation is 1. The van der Waals surface area contributed by atoms with Crippen molar-refractivity contribution in [2.75, 3.05) is 5.32 Å². The molecule has 3 rings (SSSR count). The molecule has 0 aliphatic rings. The number of anilines is 1. The van der Waals surface area contributed by atoms with Crippen molar-refractivity contribution in [1.29, 1.82) is 0 Å². The van der Waals surface area contributed by atoms with Gasteiger partial charge in [0.05, 0.1) is 5.69 Å². The average Bonchev–Trinajstić information content (AvgIpc) is 2.73. The molecule has 1 aromatic heterocycles. The molecule has 5 nitrogen and oxygen atoms in total. The van der Waals surface area contributed by atoms with Crippen LogP contribution in [0.15, 0.2) is 72.9 Å². The molecule has 1 atom stereocenters. The number of nitrogens with zero attached hydrogens (tertiary/aromatic N) is 1. The largest absolute Gasteiger partial charge is 0.341 e. The monoisotopic (exact) mass is 385 g/mol. The van der Waals surface area contributed by atoms with E-state index in [2.05, 4.69) is 15.6 Å². The Balaban J connectivity index is 1.61. The molecule has 0 bridgehead atoms. The molecule has 0 fully saturated rings. The van der Waals surface area contributed by atoms with Crippen LogP contribution in [0.1, 0.15) is 34.1 Å². The number of carbonyl (C=O) groups is 2. The summed E-state index contributed by atoms with van der Waals surface area (Å²) in [4.78, 5) is 29.1. The van der Waals surface area contributed by atoms with Gasteiger partial charge in [0.25, 0.3) is 5.91 Å². The summed E-state index contributed by atoms with van der Waals surface area (Å²) in [6, 6.07) is 19.8. The summed E-state index contributed by atoms with van der Waals surface area (Å²) in [5.74, 6) is -0.555. The fourth-order valence-electron chi connectivity index (χ4n) is 2.76. The molecule has 2 N–H and O–H groups in total. The van der Waals surface area contributed by atoms with Gasteiger partial charge in [-0.15, -0.1) is 0 Å². The zero-order chi connectivity index (χ0) is 20.6. The van der Waals surface area contributed by atoms with Crippen LogP contribution in [0.25, 0.3) is 12.2 Å². The van der Waals surface area contributed by atoms with Crippen LogP contribution in [0, 0.1) is 6.92 Å². The predicted molar refractivity (Wildman–Crippen MR) is 116 cm³/mol. The van der Waals surface area contributed by atoms with Gasteiger partial charge in [-0.3, -0.25) is 14.6 Å². The van der Waals surface area contributed by atoms with Crippen LogP contribution in [-0.4, -0.2) is 22.8 Å². The van der Waals surface area contributed by atoms with Gasteiger partial charge in [-0.2, -0.15) is 0 Å². The Kier molecular flexibility index (Phi) is 6.53. The lowest BCUT2D eigenvalue weighted by Gasteiger charge is -2.14. The maximum atomic E-state index is 12.5. The van der Waals surface area contributed by atoms with E-state index in [-0.39, 0.29) is 11.8 Å². The summed E-state index contributed by atoms with van der Waals surface area (Å²) in [5.41, 5.74) is 3.98. The summed E-state index contributed by atoms with van der Waals surface area (Å²) in [7, 11) is 0. The molecule has 146 valence electrons. The SMILES string of the molecule is Cc1cccc(C(=O)NC(C)C(=O)Nc2cccc(C=Cc3ccccn3)c2)c1. The predicted octanol–water partition coefficient (Wildman–Crippen LogP) is 4.32. The quantitative estimate of drug-likeness (QED) is 0.664. The first kappa shape index (κ1) is 20.0. The minimum Gasteiger partial charge on any atom is -0.341 e. The molecule has 5 heteroatoms. The number of aromatic nitrogens is 1. The summed E-state index contributed by atoms with van der Waals surface area (Å²) in [6.45, 7) is 3.58. The highest BCUT2D eigenvalue weighted by Crippen LogP contribution is 2.14. The van der Waals surface area contributed by atoms with Crippen molar-refractivity contribution < 1.29 is 9.59 Å². The van der Waals surface area contributed by atoms with Gasteiger partial charge in [0.15, 0.2) is 0 Å². The molecule has 0 aliphatic carbocycles. The minimum absolute atomic E-state index is 0.275. The van der Waals surface area contributed by atoms with E-state index in [0.29, 0.717) is 11.3 Å². The molecule has 29 heavy (non-hydrogen) atoms. The molecule has 0 aliphatic heterocycles. The van der Waals surface area contributed by atoms with Crippen molar-refractivity contribution in [1.82, 2.24) is 10.3 Å². The Morgan fingerprint density at radius 1 is 0.966 bits per heavy atom. The van der Waals surface area contributed by atoms with Gasteiger partial charge in [0, 0.05) is 17.4 Å². The first-order valence-corrected chi connectivity index (χ1v) is 9.39. The van der Waals surface area contributed by atoms with E-state index in [1.807, 2.05) is 73.7 Å². The second-order valence-corrected chi connectivity index (χ2v) is 6.77.